The molecule has 2 N–H and O–H groups in total. The summed E-state index contributed by atoms with van der Waals surface area (Å²) in [6.45, 7) is 12.2. The number of aromatic carboxylic acids is 1. The van der Waals surface area contributed by atoms with Crippen molar-refractivity contribution in [2.45, 2.75) is 65.3 Å². The molecule has 6 rings (SSSR count). The van der Waals surface area contributed by atoms with Crippen molar-refractivity contribution in [1.29, 1.82) is 0 Å². The maximum absolute atomic E-state index is 11.9. The molecule has 1 aliphatic carbocycles. The smallest absolute Gasteiger partial charge is 0.345 e. The highest BCUT2D eigenvalue weighted by Gasteiger charge is 2.31. The van der Waals surface area contributed by atoms with Crippen molar-refractivity contribution in [2.75, 3.05) is 11.9 Å². The van der Waals surface area contributed by atoms with Crippen molar-refractivity contribution < 1.29 is 9.90 Å². The quantitative estimate of drug-likeness (QED) is 0.247. The molecule has 4 heterocycles. The van der Waals surface area contributed by atoms with E-state index in [4.69, 9.17) is 0 Å². The van der Waals surface area contributed by atoms with Gasteiger partial charge in [0.05, 0.1) is 37.2 Å². The van der Waals surface area contributed by atoms with Crippen LogP contribution in [-0.4, -0.2) is 27.2 Å². The predicted octanol–water partition coefficient (Wildman–Crippen LogP) is 8.65. The van der Waals surface area contributed by atoms with Crippen LogP contribution in [0, 0.1) is 20.8 Å². The largest absolute Gasteiger partial charge is 0.477 e. The highest BCUT2D eigenvalue weighted by molar-refractivity contribution is 7.21. The molecule has 1 aliphatic heterocycles. The van der Waals surface area contributed by atoms with Gasteiger partial charge in [0.25, 0.3) is 0 Å². The van der Waals surface area contributed by atoms with Gasteiger partial charge in [-0.05, 0) is 62.3 Å². The molecule has 0 amide bonds. The van der Waals surface area contributed by atoms with Crippen LogP contribution in [0.25, 0.3) is 33.1 Å². The second kappa shape index (κ2) is 9.86. The molecule has 0 radical (unpaired) electrons. The number of aryl methyl sites for hydroxylation is 3. The molecular formula is C31H33N3O2S2. The molecule has 1 fully saturated rings. The second-order valence-electron chi connectivity index (χ2n) is 10.5. The van der Waals surface area contributed by atoms with Gasteiger partial charge in [0.1, 0.15) is 4.88 Å². The number of nitrogens with zero attached hydrogens (tertiary/aromatic N) is 2. The van der Waals surface area contributed by atoms with Gasteiger partial charge in [-0.2, -0.15) is 0 Å². The fourth-order valence-corrected chi connectivity index (χ4v) is 8.25. The first-order valence-electron chi connectivity index (χ1n) is 13.4. The summed E-state index contributed by atoms with van der Waals surface area (Å²) < 4.78 is 3.55. The first-order valence-corrected chi connectivity index (χ1v) is 15.0. The third kappa shape index (κ3) is 4.22. The fourth-order valence-electron chi connectivity index (χ4n) is 6.25. The van der Waals surface area contributed by atoms with E-state index in [0.717, 1.165) is 45.4 Å². The van der Waals surface area contributed by atoms with E-state index in [2.05, 4.69) is 52.7 Å². The van der Waals surface area contributed by atoms with Crippen LogP contribution in [0.5, 0.6) is 0 Å². The third-order valence-corrected chi connectivity index (χ3v) is 10.3. The fraction of sp³-hybridized carbons (Fsp3) is 0.355. The molecule has 1 aromatic carbocycles. The molecule has 2 aliphatic rings. The Bertz CT molecular complexity index is 1610. The lowest BCUT2D eigenvalue weighted by Gasteiger charge is -2.24. The molecule has 0 atom stereocenters. The van der Waals surface area contributed by atoms with Crippen LogP contribution in [0.4, 0.5) is 5.69 Å². The molecule has 1 saturated carbocycles. The van der Waals surface area contributed by atoms with Crippen LogP contribution in [-0.2, 0) is 6.54 Å². The van der Waals surface area contributed by atoms with E-state index in [1.54, 1.807) is 11.3 Å². The minimum Gasteiger partial charge on any atom is -0.477 e. The van der Waals surface area contributed by atoms with Crippen molar-refractivity contribution in [3.63, 3.8) is 0 Å². The number of anilines is 1. The number of fused-ring (bicyclic) bond motifs is 5. The van der Waals surface area contributed by atoms with E-state index >= 15 is 0 Å². The van der Waals surface area contributed by atoms with Gasteiger partial charge in [-0.1, -0.05) is 50.1 Å². The van der Waals surface area contributed by atoms with Gasteiger partial charge in [0, 0.05) is 24.2 Å². The zero-order valence-corrected chi connectivity index (χ0v) is 23.8. The number of carbonyl (C=O) groups is 1. The molecule has 38 heavy (non-hydrogen) atoms. The average molecular weight is 544 g/mol. The van der Waals surface area contributed by atoms with Gasteiger partial charge in [-0.15, -0.1) is 22.7 Å². The van der Waals surface area contributed by atoms with E-state index in [0.29, 0.717) is 10.8 Å². The van der Waals surface area contributed by atoms with Crippen LogP contribution in [0.1, 0.15) is 80.0 Å². The van der Waals surface area contributed by atoms with Crippen molar-refractivity contribution >= 4 is 56.2 Å². The zero-order chi connectivity index (χ0) is 26.6. The van der Waals surface area contributed by atoms with Crippen LogP contribution >= 0.6 is 22.7 Å². The number of thiophene rings is 1. The lowest BCUT2D eigenvalue weighted by atomic mass is 9.82. The Labute approximate surface area is 231 Å². The van der Waals surface area contributed by atoms with E-state index < -0.39 is 5.97 Å². The molecule has 196 valence electrons. The number of allylic oxidation sites excluding steroid dienone is 2. The SMILES string of the molecule is C=C(/C=C\c1c(C)ccc2c1NCCn1c-2c(C2CCCCC2)c2sc(C(=O)O)cc21)c1sc(C)nc1C. The van der Waals surface area contributed by atoms with Crippen molar-refractivity contribution in [2.24, 2.45) is 0 Å². The molecule has 0 unspecified atom stereocenters. The number of benzene rings is 1. The summed E-state index contributed by atoms with van der Waals surface area (Å²) in [5.74, 6) is -0.372. The van der Waals surface area contributed by atoms with Crippen LogP contribution in [0.15, 0.2) is 30.9 Å². The maximum atomic E-state index is 11.9. The zero-order valence-electron chi connectivity index (χ0n) is 22.2. The lowest BCUT2D eigenvalue weighted by molar-refractivity contribution is 0.0702. The van der Waals surface area contributed by atoms with Crippen molar-refractivity contribution in [3.8, 4) is 11.3 Å². The first kappa shape index (κ1) is 25.1. The average Bonchev–Trinajstić information content (AvgIpc) is 3.52. The number of thiazole rings is 1. The van der Waals surface area contributed by atoms with Gasteiger partial charge >= 0.3 is 5.97 Å². The number of hydrogen-bond acceptors (Lipinski definition) is 5. The third-order valence-electron chi connectivity index (χ3n) is 8.00. The minimum atomic E-state index is -0.836. The Morgan fingerprint density at radius 2 is 1.97 bits per heavy atom. The van der Waals surface area contributed by atoms with Crippen molar-refractivity contribution in [3.05, 3.63) is 68.0 Å². The molecule has 0 bridgehead atoms. The van der Waals surface area contributed by atoms with Gasteiger partial charge in [-0.25, -0.2) is 9.78 Å². The molecule has 3 aromatic heterocycles. The Kier molecular flexibility index (Phi) is 6.52. The standard InChI is InChI=1S/C31H33N3O2S2/c1-17-10-13-23-27(22(17)12-11-18(2)29-19(3)33-20(4)37-29)32-14-15-34-24-16-25(31(35)36)38-30(24)26(28(23)34)21-8-6-5-7-9-21/h10-13,16,21,32H,2,5-9,14-15H2,1,3-4H3,(H,35,36)/b12-11-. The summed E-state index contributed by atoms with van der Waals surface area (Å²) in [5, 5.41) is 14.6. The van der Waals surface area contributed by atoms with Crippen molar-refractivity contribution in [1.82, 2.24) is 9.55 Å². The van der Waals surface area contributed by atoms with E-state index in [1.807, 2.05) is 19.9 Å². The summed E-state index contributed by atoms with van der Waals surface area (Å²) in [5.41, 5.74) is 10.5. The topological polar surface area (TPSA) is 67.2 Å². The van der Waals surface area contributed by atoms with Crippen LogP contribution in [0.3, 0.4) is 0 Å². The first-order chi connectivity index (χ1) is 18.3. The number of rotatable bonds is 5. The summed E-state index contributed by atoms with van der Waals surface area (Å²) in [6.07, 6.45) is 10.4. The van der Waals surface area contributed by atoms with Crippen LogP contribution in [0.2, 0.25) is 0 Å². The monoisotopic (exact) mass is 543 g/mol. The van der Waals surface area contributed by atoms with E-state index in [-0.39, 0.29) is 0 Å². The number of carboxylic acids is 1. The van der Waals surface area contributed by atoms with Gasteiger partial charge in [0.2, 0.25) is 0 Å². The summed E-state index contributed by atoms with van der Waals surface area (Å²) in [7, 11) is 0. The Balaban J connectivity index is 1.52. The number of hydrogen-bond donors (Lipinski definition) is 2. The molecule has 7 heteroatoms. The lowest BCUT2D eigenvalue weighted by Crippen LogP contribution is -2.08. The molecule has 5 nitrogen and oxygen atoms in total. The van der Waals surface area contributed by atoms with E-state index in [9.17, 15) is 9.90 Å². The molecule has 0 spiro atoms. The summed E-state index contributed by atoms with van der Waals surface area (Å²) in [6, 6.07) is 6.36. The van der Waals surface area contributed by atoms with E-state index in [1.165, 1.54) is 76.1 Å². The normalized spacial score (nSPS) is 15.9. The summed E-state index contributed by atoms with van der Waals surface area (Å²) >= 11 is 3.14. The molecule has 0 saturated heterocycles. The number of nitrogens with one attached hydrogen (secondary N) is 1. The number of aromatic nitrogens is 2. The van der Waals surface area contributed by atoms with Gasteiger partial charge < -0.3 is 15.0 Å². The highest BCUT2D eigenvalue weighted by atomic mass is 32.1. The Hall–Kier alpha value is -3.16. The second-order valence-corrected chi connectivity index (χ2v) is 12.8. The molecular weight excluding hydrogens is 510 g/mol. The summed E-state index contributed by atoms with van der Waals surface area (Å²) in [4.78, 5) is 18.0. The van der Waals surface area contributed by atoms with Gasteiger partial charge in [-0.3, -0.25) is 0 Å². The minimum absolute atomic E-state index is 0.430. The number of carboxylic acid groups (broad SMARTS) is 1. The Morgan fingerprint density at radius 1 is 1.18 bits per heavy atom. The predicted molar refractivity (Wildman–Crippen MR) is 161 cm³/mol. The maximum Gasteiger partial charge on any atom is 0.345 e. The van der Waals surface area contributed by atoms with Crippen LogP contribution < -0.4 is 5.32 Å². The Morgan fingerprint density at radius 3 is 2.68 bits per heavy atom. The van der Waals surface area contributed by atoms with Gasteiger partial charge in [0.15, 0.2) is 0 Å². The highest BCUT2D eigenvalue weighted by Crippen LogP contribution is 2.49. The molecule has 4 aromatic rings.